The molecule has 0 aromatic carbocycles. The molecule has 2 heterocycles. The monoisotopic (exact) mass is 266 g/mol. The van der Waals surface area contributed by atoms with Gasteiger partial charge in [0.25, 0.3) is 0 Å². The Morgan fingerprint density at radius 2 is 2.11 bits per heavy atom. The summed E-state index contributed by atoms with van der Waals surface area (Å²) < 4.78 is 1.66. The van der Waals surface area contributed by atoms with Crippen LogP contribution in [0.3, 0.4) is 0 Å². The molecule has 2 aromatic heterocycles. The molecule has 0 unspecified atom stereocenters. The summed E-state index contributed by atoms with van der Waals surface area (Å²) >= 11 is 6.08. The minimum absolute atomic E-state index is 0.248. The largest absolute Gasteiger partial charge is 0.362 e. The molecule has 2 rings (SSSR count). The number of rotatable bonds is 4. The van der Waals surface area contributed by atoms with Crippen LogP contribution < -0.4 is 5.32 Å². The van der Waals surface area contributed by atoms with E-state index in [2.05, 4.69) is 39.2 Å². The predicted molar refractivity (Wildman–Crippen MR) is 69.5 cm³/mol. The summed E-state index contributed by atoms with van der Waals surface area (Å²) in [7, 11) is 1.83. The first kappa shape index (κ1) is 12.8. The maximum Gasteiger partial charge on any atom is 0.169 e. The van der Waals surface area contributed by atoms with Gasteiger partial charge in [0.15, 0.2) is 5.82 Å². The highest BCUT2D eigenvalue weighted by Crippen LogP contribution is 2.27. The van der Waals surface area contributed by atoms with Crippen molar-refractivity contribution in [1.29, 1.82) is 0 Å². The van der Waals surface area contributed by atoms with Gasteiger partial charge in [-0.25, -0.2) is 15.0 Å². The second-order valence-corrected chi connectivity index (χ2v) is 4.63. The van der Waals surface area contributed by atoms with Gasteiger partial charge >= 0.3 is 0 Å². The van der Waals surface area contributed by atoms with E-state index in [0.29, 0.717) is 17.5 Å². The molecule has 2 aromatic rings. The number of aromatic nitrogens is 5. The molecule has 0 aliphatic carbocycles. The van der Waals surface area contributed by atoms with Crippen molar-refractivity contribution in [2.75, 3.05) is 5.32 Å². The van der Waals surface area contributed by atoms with Crippen molar-refractivity contribution >= 4 is 17.4 Å². The van der Waals surface area contributed by atoms with E-state index in [0.717, 1.165) is 11.4 Å². The van der Waals surface area contributed by atoms with Gasteiger partial charge in [-0.15, -0.1) is 0 Å². The lowest BCUT2D eigenvalue weighted by atomic mass is 10.1. The SMILES string of the molecule is CC(C)c1c(Cl)ncnc1NCc1ncn(C)n1. The van der Waals surface area contributed by atoms with Crippen LogP contribution >= 0.6 is 11.6 Å². The Morgan fingerprint density at radius 3 is 2.72 bits per heavy atom. The molecule has 0 radical (unpaired) electrons. The standard InChI is InChI=1S/C11H15ClN6/c1-7(2)9-10(12)14-5-15-11(9)13-4-8-16-6-18(3)17-8/h5-7H,4H2,1-3H3,(H,13,14,15). The van der Waals surface area contributed by atoms with E-state index in [1.165, 1.54) is 6.33 Å². The Labute approximate surface area is 110 Å². The van der Waals surface area contributed by atoms with E-state index in [1.807, 2.05) is 7.05 Å². The van der Waals surface area contributed by atoms with E-state index in [-0.39, 0.29) is 5.92 Å². The van der Waals surface area contributed by atoms with Crippen molar-refractivity contribution in [2.24, 2.45) is 7.05 Å². The summed E-state index contributed by atoms with van der Waals surface area (Å²) in [5.74, 6) is 1.69. The minimum Gasteiger partial charge on any atom is -0.362 e. The van der Waals surface area contributed by atoms with Crippen LogP contribution in [0, 0.1) is 0 Å². The Balaban J connectivity index is 2.16. The molecule has 96 valence electrons. The average Bonchev–Trinajstić information content (AvgIpc) is 2.72. The quantitative estimate of drug-likeness (QED) is 0.857. The Hall–Kier alpha value is -1.69. The third-order valence-electron chi connectivity index (χ3n) is 2.47. The molecule has 0 aliphatic heterocycles. The molecule has 0 fully saturated rings. The zero-order chi connectivity index (χ0) is 13.1. The third-order valence-corrected chi connectivity index (χ3v) is 2.77. The highest BCUT2D eigenvalue weighted by atomic mass is 35.5. The van der Waals surface area contributed by atoms with Crippen LogP contribution in [0.25, 0.3) is 0 Å². The van der Waals surface area contributed by atoms with Crippen molar-refractivity contribution in [3.63, 3.8) is 0 Å². The minimum atomic E-state index is 0.248. The number of nitrogens with zero attached hydrogens (tertiary/aromatic N) is 5. The number of nitrogens with one attached hydrogen (secondary N) is 1. The second-order valence-electron chi connectivity index (χ2n) is 4.27. The molecule has 0 atom stereocenters. The van der Waals surface area contributed by atoms with Gasteiger partial charge in [0.2, 0.25) is 0 Å². The Morgan fingerprint density at radius 1 is 1.33 bits per heavy atom. The molecule has 0 amide bonds. The van der Waals surface area contributed by atoms with Gasteiger partial charge in [0.1, 0.15) is 23.6 Å². The van der Waals surface area contributed by atoms with Gasteiger partial charge in [-0.05, 0) is 5.92 Å². The maximum atomic E-state index is 6.08. The van der Waals surface area contributed by atoms with Crippen molar-refractivity contribution in [3.8, 4) is 0 Å². The van der Waals surface area contributed by atoms with E-state index < -0.39 is 0 Å². The fourth-order valence-electron chi connectivity index (χ4n) is 1.65. The lowest BCUT2D eigenvalue weighted by molar-refractivity contribution is 0.746. The van der Waals surface area contributed by atoms with Gasteiger partial charge < -0.3 is 5.32 Å². The first-order valence-electron chi connectivity index (χ1n) is 5.66. The number of anilines is 1. The number of halogens is 1. The van der Waals surface area contributed by atoms with Crippen molar-refractivity contribution in [1.82, 2.24) is 24.7 Å². The molecular formula is C11H15ClN6. The molecular weight excluding hydrogens is 252 g/mol. The molecule has 1 N–H and O–H groups in total. The maximum absolute atomic E-state index is 6.08. The van der Waals surface area contributed by atoms with E-state index in [4.69, 9.17) is 11.6 Å². The van der Waals surface area contributed by atoms with Crippen LogP contribution in [-0.4, -0.2) is 24.7 Å². The van der Waals surface area contributed by atoms with Crippen LogP contribution in [0.1, 0.15) is 31.2 Å². The number of aryl methyl sites for hydroxylation is 1. The van der Waals surface area contributed by atoms with Gasteiger partial charge in [-0.3, -0.25) is 4.68 Å². The summed E-state index contributed by atoms with van der Waals surface area (Å²) in [4.78, 5) is 12.4. The van der Waals surface area contributed by atoms with Crippen LogP contribution in [0.5, 0.6) is 0 Å². The normalized spacial score (nSPS) is 10.9. The Bertz CT molecular complexity index is 536. The topological polar surface area (TPSA) is 68.5 Å². The van der Waals surface area contributed by atoms with Gasteiger partial charge in [0, 0.05) is 12.6 Å². The zero-order valence-electron chi connectivity index (χ0n) is 10.6. The summed E-state index contributed by atoms with van der Waals surface area (Å²) in [5, 5.41) is 7.86. The molecule has 0 saturated carbocycles. The second kappa shape index (κ2) is 5.30. The van der Waals surface area contributed by atoms with Crippen molar-refractivity contribution < 1.29 is 0 Å². The highest BCUT2D eigenvalue weighted by Gasteiger charge is 2.13. The summed E-state index contributed by atoms with van der Waals surface area (Å²) in [6, 6.07) is 0. The zero-order valence-corrected chi connectivity index (χ0v) is 11.3. The molecule has 6 nitrogen and oxygen atoms in total. The van der Waals surface area contributed by atoms with Crippen molar-refractivity contribution in [2.45, 2.75) is 26.3 Å². The predicted octanol–water partition coefficient (Wildman–Crippen LogP) is 1.99. The number of hydrogen-bond donors (Lipinski definition) is 1. The lowest BCUT2D eigenvalue weighted by Crippen LogP contribution is -2.08. The first-order valence-corrected chi connectivity index (χ1v) is 6.04. The fraction of sp³-hybridized carbons (Fsp3) is 0.455. The van der Waals surface area contributed by atoms with Crippen LogP contribution in [-0.2, 0) is 13.6 Å². The fourth-order valence-corrected chi connectivity index (χ4v) is 2.01. The molecule has 0 saturated heterocycles. The summed E-state index contributed by atoms with van der Waals surface area (Å²) in [6.45, 7) is 4.61. The molecule has 7 heteroatoms. The van der Waals surface area contributed by atoms with Crippen molar-refractivity contribution in [3.05, 3.63) is 29.2 Å². The average molecular weight is 267 g/mol. The molecule has 18 heavy (non-hydrogen) atoms. The van der Waals surface area contributed by atoms with E-state index >= 15 is 0 Å². The van der Waals surface area contributed by atoms with Crippen LogP contribution in [0.2, 0.25) is 5.15 Å². The van der Waals surface area contributed by atoms with Gasteiger partial charge in [-0.1, -0.05) is 25.4 Å². The van der Waals surface area contributed by atoms with Gasteiger partial charge in [0.05, 0.1) is 6.54 Å². The highest BCUT2D eigenvalue weighted by molar-refractivity contribution is 6.30. The first-order chi connectivity index (χ1) is 8.58. The Kier molecular flexibility index (Phi) is 3.76. The van der Waals surface area contributed by atoms with E-state index in [1.54, 1.807) is 11.0 Å². The van der Waals surface area contributed by atoms with Gasteiger partial charge in [-0.2, -0.15) is 5.10 Å². The lowest BCUT2D eigenvalue weighted by Gasteiger charge is -2.13. The number of hydrogen-bond acceptors (Lipinski definition) is 5. The molecule has 0 aliphatic rings. The third kappa shape index (κ3) is 2.76. The van der Waals surface area contributed by atoms with Crippen LogP contribution in [0.15, 0.2) is 12.7 Å². The summed E-state index contributed by atoms with van der Waals surface area (Å²) in [6.07, 6.45) is 3.11. The molecule has 0 spiro atoms. The van der Waals surface area contributed by atoms with E-state index in [9.17, 15) is 0 Å². The molecule has 0 bridgehead atoms. The summed E-state index contributed by atoms with van der Waals surface area (Å²) in [5.41, 5.74) is 0.912. The van der Waals surface area contributed by atoms with Crippen LogP contribution in [0.4, 0.5) is 5.82 Å². The smallest absolute Gasteiger partial charge is 0.169 e.